The van der Waals surface area contributed by atoms with Crippen LogP contribution in [-0.2, 0) is 0 Å². The smallest absolute Gasteiger partial charge is 0.146 e. The summed E-state index contributed by atoms with van der Waals surface area (Å²) in [6, 6.07) is 5.17. The molecule has 1 aromatic carbocycles. The highest BCUT2D eigenvalue weighted by molar-refractivity contribution is 5.51. The van der Waals surface area contributed by atoms with E-state index in [2.05, 4.69) is 12.2 Å². The van der Waals surface area contributed by atoms with Crippen molar-refractivity contribution in [3.63, 3.8) is 0 Å². The largest absolute Gasteiger partial charge is 0.382 e. The van der Waals surface area contributed by atoms with Crippen molar-refractivity contribution in [2.75, 3.05) is 11.9 Å². The van der Waals surface area contributed by atoms with Crippen molar-refractivity contribution in [3.8, 4) is 0 Å². The van der Waals surface area contributed by atoms with E-state index in [4.69, 9.17) is 0 Å². The van der Waals surface area contributed by atoms with E-state index in [1.807, 2.05) is 13.0 Å². The standard InChI is InChI=1S/C13H20FN/c1-3-4-5-6-10-15-13-11(2)8-7-9-12(13)14/h7-9,15H,3-6,10H2,1-2H3. The molecule has 0 aliphatic heterocycles. The Morgan fingerprint density at radius 3 is 2.67 bits per heavy atom. The highest BCUT2D eigenvalue weighted by Crippen LogP contribution is 2.18. The minimum absolute atomic E-state index is 0.148. The summed E-state index contributed by atoms with van der Waals surface area (Å²) >= 11 is 0. The number of nitrogens with one attached hydrogen (secondary N) is 1. The molecule has 0 radical (unpaired) electrons. The number of rotatable bonds is 6. The molecule has 84 valence electrons. The first-order valence-corrected chi connectivity index (χ1v) is 5.74. The third-order valence-electron chi connectivity index (χ3n) is 2.55. The average Bonchev–Trinajstić information content (AvgIpc) is 2.21. The van der Waals surface area contributed by atoms with E-state index in [1.54, 1.807) is 6.07 Å². The molecular weight excluding hydrogens is 189 g/mol. The molecule has 0 heterocycles. The van der Waals surface area contributed by atoms with Gasteiger partial charge >= 0.3 is 0 Å². The molecule has 0 amide bonds. The van der Waals surface area contributed by atoms with Gasteiger partial charge in [-0.3, -0.25) is 0 Å². The van der Waals surface area contributed by atoms with Gasteiger partial charge in [-0.15, -0.1) is 0 Å². The Bertz CT molecular complexity index is 276. The van der Waals surface area contributed by atoms with Crippen LogP contribution in [0.15, 0.2) is 18.2 Å². The van der Waals surface area contributed by atoms with Crippen molar-refractivity contribution in [2.24, 2.45) is 0 Å². The minimum Gasteiger partial charge on any atom is -0.382 e. The van der Waals surface area contributed by atoms with Gasteiger partial charge in [0.25, 0.3) is 0 Å². The van der Waals surface area contributed by atoms with Crippen LogP contribution in [0.2, 0.25) is 0 Å². The Morgan fingerprint density at radius 1 is 1.20 bits per heavy atom. The van der Waals surface area contributed by atoms with Crippen molar-refractivity contribution in [3.05, 3.63) is 29.6 Å². The maximum absolute atomic E-state index is 13.4. The number of aryl methyl sites for hydroxylation is 1. The predicted molar refractivity (Wildman–Crippen MR) is 63.8 cm³/mol. The maximum atomic E-state index is 13.4. The summed E-state index contributed by atoms with van der Waals surface area (Å²) in [6.45, 7) is 4.98. The average molecular weight is 209 g/mol. The molecule has 1 N–H and O–H groups in total. The van der Waals surface area contributed by atoms with Crippen molar-refractivity contribution >= 4 is 5.69 Å². The quantitative estimate of drug-likeness (QED) is 0.695. The Labute approximate surface area is 91.7 Å². The van der Waals surface area contributed by atoms with Gasteiger partial charge in [0, 0.05) is 6.54 Å². The second-order valence-corrected chi connectivity index (χ2v) is 3.92. The molecule has 0 aliphatic carbocycles. The second kappa shape index (κ2) is 6.44. The maximum Gasteiger partial charge on any atom is 0.146 e. The summed E-state index contributed by atoms with van der Waals surface area (Å²) in [4.78, 5) is 0. The molecule has 0 fully saturated rings. The minimum atomic E-state index is -0.148. The molecule has 0 unspecified atom stereocenters. The Hall–Kier alpha value is -1.05. The monoisotopic (exact) mass is 209 g/mol. The van der Waals surface area contributed by atoms with Gasteiger partial charge in [0.1, 0.15) is 5.82 Å². The van der Waals surface area contributed by atoms with E-state index in [0.29, 0.717) is 5.69 Å². The first-order chi connectivity index (χ1) is 7.25. The van der Waals surface area contributed by atoms with Crippen molar-refractivity contribution < 1.29 is 4.39 Å². The summed E-state index contributed by atoms with van der Waals surface area (Å²) in [5, 5.41) is 3.17. The summed E-state index contributed by atoms with van der Waals surface area (Å²) < 4.78 is 13.4. The molecule has 0 spiro atoms. The van der Waals surface area contributed by atoms with Gasteiger partial charge in [0.2, 0.25) is 0 Å². The first-order valence-electron chi connectivity index (χ1n) is 5.74. The van der Waals surface area contributed by atoms with Crippen LogP contribution in [0.1, 0.15) is 38.2 Å². The molecule has 1 nitrogen and oxygen atoms in total. The van der Waals surface area contributed by atoms with Crippen LogP contribution in [0, 0.1) is 12.7 Å². The van der Waals surface area contributed by atoms with Gasteiger partial charge in [0.05, 0.1) is 5.69 Å². The van der Waals surface area contributed by atoms with E-state index in [-0.39, 0.29) is 5.82 Å². The summed E-state index contributed by atoms with van der Waals surface area (Å²) in [5.41, 5.74) is 1.64. The zero-order valence-electron chi connectivity index (χ0n) is 9.65. The van der Waals surface area contributed by atoms with E-state index in [1.165, 1.54) is 25.3 Å². The molecule has 0 saturated heterocycles. The van der Waals surface area contributed by atoms with Crippen LogP contribution >= 0.6 is 0 Å². The number of benzene rings is 1. The van der Waals surface area contributed by atoms with Crippen molar-refractivity contribution in [1.29, 1.82) is 0 Å². The van der Waals surface area contributed by atoms with E-state index >= 15 is 0 Å². The lowest BCUT2D eigenvalue weighted by atomic mass is 10.1. The summed E-state index contributed by atoms with van der Waals surface area (Å²) in [5.74, 6) is -0.148. The van der Waals surface area contributed by atoms with Crippen LogP contribution in [0.3, 0.4) is 0 Å². The van der Waals surface area contributed by atoms with Crippen molar-refractivity contribution in [1.82, 2.24) is 0 Å². The number of unbranched alkanes of at least 4 members (excludes halogenated alkanes) is 3. The molecule has 0 bridgehead atoms. The van der Waals surface area contributed by atoms with Crippen LogP contribution in [0.25, 0.3) is 0 Å². The fraction of sp³-hybridized carbons (Fsp3) is 0.538. The third kappa shape index (κ3) is 3.90. The molecule has 1 rings (SSSR count). The van der Waals surface area contributed by atoms with Crippen LogP contribution in [-0.4, -0.2) is 6.54 Å². The zero-order valence-corrected chi connectivity index (χ0v) is 9.65. The third-order valence-corrected chi connectivity index (χ3v) is 2.55. The molecule has 0 aliphatic rings. The number of halogens is 1. The summed E-state index contributed by atoms with van der Waals surface area (Å²) in [6.07, 6.45) is 4.83. The molecule has 0 atom stereocenters. The predicted octanol–water partition coefficient (Wildman–Crippen LogP) is 4.13. The lowest BCUT2D eigenvalue weighted by Crippen LogP contribution is -2.04. The first kappa shape index (κ1) is 12.0. The van der Waals surface area contributed by atoms with Gasteiger partial charge in [-0.2, -0.15) is 0 Å². The SMILES string of the molecule is CCCCCCNc1c(C)cccc1F. The normalized spacial score (nSPS) is 10.3. The van der Waals surface area contributed by atoms with Gasteiger partial charge in [-0.05, 0) is 25.0 Å². The Morgan fingerprint density at radius 2 is 2.00 bits per heavy atom. The Kier molecular flexibility index (Phi) is 5.16. The lowest BCUT2D eigenvalue weighted by molar-refractivity contribution is 0.626. The van der Waals surface area contributed by atoms with Crippen LogP contribution in [0.5, 0.6) is 0 Å². The van der Waals surface area contributed by atoms with Crippen LogP contribution < -0.4 is 5.32 Å². The van der Waals surface area contributed by atoms with E-state index in [0.717, 1.165) is 18.5 Å². The van der Waals surface area contributed by atoms with Gasteiger partial charge in [-0.1, -0.05) is 38.3 Å². The van der Waals surface area contributed by atoms with Crippen LogP contribution in [0.4, 0.5) is 10.1 Å². The second-order valence-electron chi connectivity index (χ2n) is 3.92. The molecule has 2 heteroatoms. The summed E-state index contributed by atoms with van der Waals surface area (Å²) in [7, 11) is 0. The zero-order chi connectivity index (χ0) is 11.1. The fourth-order valence-corrected chi connectivity index (χ4v) is 1.62. The molecule has 0 aromatic heterocycles. The van der Waals surface area contributed by atoms with Gasteiger partial charge in [-0.25, -0.2) is 4.39 Å². The lowest BCUT2D eigenvalue weighted by Gasteiger charge is -2.09. The topological polar surface area (TPSA) is 12.0 Å². The number of hydrogen-bond acceptors (Lipinski definition) is 1. The van der Waals surface area contributed by atoms with Gasteiger partial charge in [0.15, 0.2) is 0 Å². The van der Waals surface area contributed by atoms with E-state index < -0.39 is 0 Å². The Balaban J connectivity index is 2.37. The highest BCUT2D eigenvalue weighted by atomic mass is 19.1. The molecular formula is C13H20FN. The van der Waals surface area contributed by atoms with E-state index in [9.17, 15) is 4.39 Å². The number of hydrogen-bond donors (Lipinski definition) is 1. The highest BCUT2D eigenvalue weighted by Gasteiger charge is 2.02. The number of anilines is 1. The van der Waals surface area contributed by atoms with Gasteiger partial charge < -0.3 is 5.32 Å². The molecule has 15 heavy (non-hydrogen) atoms. The number of para-hydroxylation sites is 1. The fourth-order valence-electron chi connectivity index (χ4n) is 1.62. The molecule has 0 saturated carbocycles. The van der Waals surface area contributed by atoms with Crippen molar-refractivity contribution in [2.45, 2.75) is 39.5 Å². The molecule has 1 aromatic rings.